The monoisotopic (exact) mass is 358 g/mol. The van der Waals surface area contributed by atoms with Crippen molar-refractivity contribution in [3.05, 3.63) is 24.0 Å². The van der Waals surface area contributed by atoms with Gasteiger partial charge in [-0.3, -0.25) is 4.79 Å². The lowest BCUT2D eigenvalue weighted by atomic mass is 10.2. The molecule has 1 amide bonds. The minimum Gasteiger partial charge on any atom is -0.495 e. The van der Waals surface area contributed by atoms with Crippen LogP contribution in [0.3, 0.4) is 0 Å². The Morgan fingerprint density at radius 1 is 1.38 bits per heavy atom. The van der Waals surface area contributed by atoms with Gasteiger partial charge in [-0.15, -0.1) is 0 Å². The van der Waals surface area contributed by atoms with Gasteiger partial charge in [0.15, 0.2) is 0 Å². The summed E-state index contributed by atoms with van der Waals surface area (Å²) in [5, 5.41) is 2.86. The Morgan fingerprint density at radius 3 is 2.62 bits per heavy atom. The minimum atomic E-state index is -4.04. The fraction of sp³-hybridized carbons (Fsp3) is 0.562. The Kier molecular flexibility index (Phi) is 6.17. The van der Waals surface area contributed by atoms with Gasteiger partial charge >= 0.3 is 0 Å². The number of rotatable bonds is 7. The Morgan fingerprint density at radius 2 is 2.04 bits per heavy atom. The van der Waals surface area contributed by atoms with Gasteiger partial charge in [-0.2, -0.15) is 4.31 Å². The molecule has 0 atom stereocenters. The number of nitrogens with zero attached hydrogens (tertiary/aromatic N) is 1. The second-order valence-electron chi connectivity index (χ2n) is 5.78. The molecule has 0 spiro atoms. The second kappa shape index (κ2) is 7.94. The van der Waals surface area contributed by atoms with Crippen LogP contribution < -0.4 is 10.1 Å². The summed E-state index contributed by atoms with van der Waals surface area (Å²) in [5.41, 5.74) is 0. The zero-order valence-electron chi connectivity index (χ0n) is 13.9. The van der Waals surface area contributed by atoms with E-state index in [9.17, 15) is 17.6 Å². The number of sulfonamides is 1. The van der Waals surface area contributed by atoms with Crippen LogP contribution in [-0.2, 0) is 14.8 Å². The molecule has 1 aromatic rings. The Bertz CT molecular complexity index is 687. The Hall–Kier alpha value is -1.67. The van der Waals surface area contributed by atoms with Crippen molar-refractivity contribution in [1.82, 2.24) is 9.62 Å². The number of nitrogens with one attached hydrogen (secondary N) is 1. The van der Waals surface area contributed by atoms with Crippen LogP contribution in [0.4, 0.5) is 4.39 Å². The van der Waals surface area contributed by atoms with E-state index in [1.807, 2.05) is 0 Å². The van der Waals surface area contributed by atoms with Gasteiger partial charge < -0.3 is 10.1 Å². The van der Waals surface area contributed by atoms with Crippen molar-refractivity contribution < 1.29 is 22.3 Å². The fourth-order valence-corrected chi connectivity index (χ4v) is 4.43. The zero-order valence-corrected chi connectivity index (χ0v) is 14.7. The van der Waals surface area contributed by atoms with E-state index in [2.05, 4.69) is 5.32 Å². The van der Waals surface area contributed by atoms with Crippen LogP contribution in [0.15, 0.2) is 23.1 Å². The highest BCUT2D eigenvalue weighted by Crippen LogP contribution is 2.27. The molecule has 0 aliphatic heterocycles. The molecule has 24 heavy (non-hydrogen) atoms. The quantitative estimate of drug-likeness (QED) is 0.808. The van der Waals surface area contributed by atoms with Crippen molar-refractivity contribution in [1.29, 1.82) is 0 Å². The molecule has 0 radical (unpaired) electrons. The lowest BCUT2D eigenvalue weighted by Crippen LogP contribution is -2.43. The average Bonchev–Trinajstić information content (AvgIpc) is 3.05. The fourth-order valence-electron chi connectivity index (χ4n) is 2.86. The summed E-state index contributed by atoms with van der Waals surface area (Å²) in [5.74, 6) is -0.977. The molecule has 1 saturated carbocycles. The summed E-state index contributed by atoms with van der Waals surface area (Å²) in [4.78, 5) is 11.9. The van der Waals surface area contributed by atoms with Gasteiger partial charge in [0.2, 0.25) is 15.9 Å². The molecule has 1 fully saturated rings. The van der Waals surface area contributed by atoms with E-state index in [0.29, 0.717) is 0 Å². The number of carbonyl (C=O) groups excluding carboxylic acids is 1. The van der Waals surface area contributed by atoms with E-state index in [1.165, 1.54) is 13.2 Å². The molecule has 0 heterocycles. The van der Waals surface area contributed by atoms with Crippen LogP contribution in [0.25, 0.3) is 0 Å². The van der Waals surface area contributed by atoms with Gasteiger partial charge in [0.25, 0.3) is 0 Å². The molecular weight excluding hydrogens is 335 g/mol. The molecule has 6 nitrogen and oxygen atoms in total. The molecule has 0 saturated heterocycles. The van der Waals surface area contributed by atoms with Gasteiger partial charge in [-0.25, -0.2) is 12.8 Å². The number of methoxy groups -OCH3 is 1. The number of amides is 1. The molecule has 134 valence electrons. The first-order valence-electron chi connectivity index (χ1n) is 8.01. The van der Waals surface area contributed by atoms with Crippen LogP contribution >= 0.6 is 0 Å². The Balaban J connectivity index is 2.18. The maximum atomic E-state index is 13.5. The zero-order chi connectivity index (χ0) is 17.7. The minimum absolute atomic E-state index is 0.0473. The van der Waals surface area contributed by atoms with Crippen LogP contribution in [-0.4, -0.2) is 44.9 Å². The standard InChI is InChI=1S/C16H23FN2O4S/c1-3-19(11-16(20)18-13-6-4-5-7-13)24(21,22)15-10-12(17)8-9-14(15)23-2/h8-10,13H,3-7,11H2,1-2H3,(H,18,20). The lowest BCUT2D eigenvalue weighted by molar-refractivity contribution is -0.121. The molecule has 0 aromatic heterocycles. The molecule has 1 aromatic carbocycles. The van der Waals surface area contributed by atoms with Crippen molar-refractivity contribution in [2.75, 3.05) is 20.2 Å². The number of likely N-dealkylation sites (N-methyl/N-ethyl adjacent to an activating group) is 1. The highest BCUT2D eigenvalue weighted by molar-refractivity contribution is 7.89. The first-order chi connectivity index (χ1) is 11.4. The number of ether oxygens (including phenoxy) is 1. The second-order valence-corrected chi connectivity index (χ2v) is 7.68. The number of hydrogen-bond donors (Lipinski definition) is 1. The van der Waals surface area contributed by atoms with Crippen molar-refractivity contribution in [2.45, 2.75) is 43.5 Å². The van der Waals surface area contributed by atoms with E-state index in [-0.39, 0.29) is 35.7 Å². The number of halogens is 1. The third kappa shape index (κ3) is 4.24. The Labute approximate surface area is 142 Å². The summed E-state index contributed by atoms with van der Waals surface area (Å²) < 4.78 is 45.1. The predicted molar refractivity (Wildman–Crippen MR) is 87.8 cm³/mol. The third-order valence-corrected chi connectivity index (χ3v) is 6.08. The van der Waals surface area contributed by atoms with E-state index >= 15 is 0 Å². The molecule has 0 unspecified atom stereocenters. The van der Waals surface area contributed by atoms with E-state index in [0.717, 1.165) is 42.1 Å². The van der Waals surface area contributed by atoms with Gasteiger partial charge in [-0.05, 0) is 31.0 Å². The molecule has 0 bridgehead atoms. The largest absolute Gasteiger partial charge is 0.495 e. The van der Waals surface area contributed by atoms with Gasteiger partial charge in [-0.1, -0.05) is 19.8 Å². The first-order valence-corrected chi connectivity index (χ1v) is 9.45. The van der Waals surface area contributed by atoms with Crippen LogP contribution in [0, 0.1) is 5.82 Å². The van der Waals surface area contributed by atoms with Crippen LogP contribution in [0.5, 0.6) is 5.75 Å². The molecular formula is C16H23FN2O4S. The highest BCUT2D eigenvalue weighted by atomic mass is 32.2. The normalized spacial score (nSPS) is 15.7. The van der Waals surface area contributed by atoms with Crippen molar-refractivity contribution in [3.63, 3.8) is 0 Å². The summed E-state index contributed by atoms with van der Waals surface area (Å²) in [6, 6.07) is 3.41. The average molecular weight is 358 g/mol. The molecule has 2 rings (SSSR count). The van der Waals surface area contributed by atoms with Crippen molar-refractivity contribution >= 4 is 15.9 Å². The maximum Gasteiger partial charge on any atom is 0.247 e. The predicted octanol–water partition coefficient (Wildman–Crippen LogP) is 1.90. The third-order valence-electron chi connectivity index (χ3n) is 4.14. The number of hydrogen-bond acceptors (Lipinski definition) is 4. The van der Waals surface area contributed by atoms with E-state index in [1.54, 1.807) is 6.92 Å². The summed E-state index contributed by atoms with van der Waals surface area (Å²) >= 11 is 0. The summed E-state index contributed by atoms with van der Waals surface area (Å²) in [6.07, 6.45) is 3.98. The highest BCUT2D eigenvalue weighted by Gasteiger charge is 2.29. The number of benzene rings is 1. The summed E-state index contributed by atoms with van der Waals surface area (Å²) in [7, 11) is -2.72. The maximum absolute atomic E-state index is 13.5. The topological polar surface area (TPSA) is 75.7 Å². The van der Waals surface area contributed by atoms with Crippen LogP contribution in [0.2, 0.25) is 0 Å². The van der Waals surface area contributed by atoms with Crippen molar-refractivity contribution in [2.24, 2.45) is 0 Å². The number of carbonyl (C=O) groups is 1. The van der Waals surface area contributed by atoms with Crippen LogP contribution in [0.1, 0.15) is 32.6 Å². The van der Waals surface area contributed by atoms with Gasteiger partial charge in [0.1, 0.15) is 16.5 Å². The molecule has 1 N–H and O–H groups in total. The molecule has 8 heteroatoms. The molecule has 1 aliphatic rings. The van der Waals surface area contributed by atoms with Crippen molar-refractivity contribution in [3.8, 4) is 5.75 Å². The smallest absolute Gasteiger partial charge is 0.247 e. The molecule has 1 aliphatic carbocycles. The van der Waals surface area contributed by atoms with Gasteiger partial charge in [0, 0.05) is 12.6 Å². The summed E-state index contributed by atoms with van der Waals surface area (Å²) in [6.45, 7) is 1.43. The van der Waals surface area contributed by atoms with Gasteiger partial charge in [0.05, 0.1) is 13.7 Å². The lowest BCUT2D eigenvalue weighted by Gasteiger charge is -2.22. The van der Waals surface area contributed by atoms with E-state index < -0.39 is 15.8 Å². The SMILES string of the molecule is CCN(CC(=O)NC1CCCC1)S(=O)(=O)c1cc(F)ccc1OC. The first kappa shape index (κ1) is 18.7. The van der Waals surface area contributed by atoms with E-state index in [4.69, 9.17) is 4.74 Å².